The lowest BCUT2D eigenvalue weighted by Crippen LogP contribution is -2.37. The molecule has 3 rings (SSSR count). The molecule has 1 aliphatic heterocycles. The van der Waals surface area contributed by atoms with Gasteiger partial charge in [-0.3, -0.25) is 14.3 Å². The fourth-order valence-electron chi connectivity index (χ4n) is 3.41. The van der Waals surface area contributed by atoms with E-state index in [-0.39, 0.29) is 43.6 Å². The number of carbonyl (C=O) groups is 2. The lowest BCUT2D eigenvalue weighted by molar-refractivity contribution is -0.142. The number of alkyl halides is 3. The van der Waals surface area contributed by atoms with Crippen molar-refractivity contribution in [1.82, 2.24) is 15.1 Å². The van der Waals surface area contributed by atoms with Gasteiger partial charge in [-0.15, -0.1) is 0 Å². The van der Waals surface area contributed by atoms with Gasteiger partial charge in [0.2, 0.25) is 5.91 Å². The molecule has 0 spiro atoms. The van der Waals surface area contributed by atoms with E-state index >= 15 is 0 Å². The summed E-state index contributed by atoms with van der Waals surface area (Å²) in [5.41, 5.74) is 0.566. The maximum atomic E-state index is 13.3. The fourth-order valence-corrected chi connectivity index (χ4v) is 3.41. The number of nitrogens with zero attached hydrogens (tertiary/aromatic N) is 3. The summed E-state index contributed by atoms with van der Waals surface area (Å²) >= 11 is 0. The highest BCUT2D eigenvalue weighted by atomic mass is 19.4. The first-order valence-electron chi connectivity index (χ1n) is 10.2. The van der Waals surface area contributed by atoms with Crippen LogP contribution in [0.1, 0.15) is 43.1 Å². The Morgan fingerprint density at radius 1 is 1.31 bits per heavy atom. The zero-order valence-corrected chi connectivity index (χ0v) is 17.8. The van der Waals surface area contributed by atoms with Crippen LogP contribution in [0.15, 0.2) is 24.4 Å². The lowest BCUT2D eigenvalue weighted by Gasteiger charge is -2.18. The Hall–Kier alpha value is -3.08. The lowest BCUT2D eigenvalue weighted by atomic mass is 10.1. The number of fused-ring (bicyclic) bond motifs is 1. The van der Waals surface area contributed by atoms with Gasteiger partial charge >= 0.3 is 12.1 Å². The largest absolute Gasteiger partial charge is 0.489 e. The second-order valence-electron chi connectivity index (χ2n) is 7.77. The first-order chi connectivity index (χ1) is 15.1. The van der Waals surface area contributed by atoms with Gasteiger partial charge in [0.1, 0.15) is 12.4 Å². The van der Waals surface area contributed by atoms with Crippen LogP contribution in [0, 0.1) is 0 Å². The number of aliphatic carboxylic acids is 1. The summed E-state index contributed by atoms with van der Waals surface area (Å²) in [5.74, 6) is -0.718. The van der Waals surface area contributed by atoms with Crippen LogP contribution < -0.4 is 15.0 Å². The van der Waals surface area contributed by atoms with E-state index < -0.39 is 17.8 Å². The van der Waals surface area contributed by atoms with Crippen molar-refractivity contribution >= 4 is 17.6 Å². The van der Waals surface area contributed by atoms with Crippen molar-refractivity contribution < 1.29 is 32.6 Å². The normalized spacial score (nSPS) is 13.5. The van der Waals surface area contributed by atoms with E-state index in [0.29, 0.717) is 24.4 Å². The highest BCUT2D eigenvalue weighted by molar-refractivity contribution is 5.96. The zero-order valence-electron chi connectivity index (χ0n) is 17.8. The highest BCUT2D eigenvalue weighted by Gasteiger charge is 2.37. The average molecular weight is 454 g/mol. The van der Waals surface area contributed by atoms with Gasteiger partial charge in [-0.25, -0.2) is 0 Å². The summed E-state index contributed by atoms with van der Waals surface area (Å²) in [6, 6.07) is 4.82. The highest BCUT2D eigenvalue weighted by Crippen LogP contribution is 2.34. The van der Waals surface area contributed by atoms with Crippen molar-refractivity contribution in [3.8, 4) is 5.75 Å². The summed E-state index contributed by atoms with van der Waals surface area (Å²) in [6.45, 7) is 3.89. The van der Waals surface area contributed by atoms with E-state index in [0.717, 1.165) is 5.56 Å². The number of carbonyl (C=O) groups excluding carboxylic acids is 1. The number of halogens is 3. The molecule has 1 aromatic carbocycles. The minimum atomic E-state index is -4.57. The van der Waals surface area contributed by atoms with Gasteiger partial charge in [0, 0.05) is 36.6 Å². The topological polar surface area (TPSA) is 96.7 Å². The molecule has 0 saturated carbocycles. The molecule has 1 amide bonds. The molecule has 0 aliphatic carbocycles. The van der Waals surface area contributed by atoms with Crippen LogP contribution >= 0.6 is 0 Å². The molecule has 8 nitrogen and oxygen atoms in total. The molecule has 0 radical (unpaired) electrons. The zero-order chi connectivity index (χ0) is 23.5. The van der Waals surface area contributed by atoms with Gasteiger partial charge in [0.05, 0.1) is 13.0 Å². The molecule has 2 aromatic rings. The molecule has 0 bridgehead atoms. The van der Waals surface area contributed by atoms with Crippen LogP contribution in [0.2, 0.25) is 0 Å². The molecule has 0 fully saturated rings. The fraction of sp³-hybridized carbons (Fsp3) is 0.476. The standard InChI is InChI=1S/C21H25F3N4O4/c1-13(2)28-11-15(20(26-28)21(22,23)24)12-32-16-3-4-17-14(9-16)6-8-27(17)18(29)10-25-7-5-19(30)31/h3-4,9,11,13,25H,5-8,10,12H2,1-2H3,(H,30,31). The van der Waals surface area contributed by atoms with Crippen molar-refractivity contribution in [3.63, 3.8) is 0 Å². The van der Waals surface area contributed by atoms with Gasteiger partial charge in [0.25, 0.3) is 0 Å². The Kier molecular flexibility index (Phi) is 7.07. The summed E-state index contributed by atoms with van der Waals surface area (Å²) in [6.07, 6.45) is -2.71. The maximum absolute atomic E-state index is 13.3. The Morgan fingerprint density at radius 2 is 2.06 bits per heavy atom. The number of ether oxygens (including phenoxy) is 1. The van der Waals surface area contributed by atoms with Crippen LogP contribution in [0.4, 0.5) is 18.9 Å². The molecule has 11 heteroatoms. The van der Waals surface area contributed by atoms with Crippen LogP contribution in [0.5, 0.6) is 5.75 Å². The molecule has 2 N–H and O–H groups in total. The third kappa shape index (κ3) is 5.58. The number of rotatable bonds is 9. The van der Waals surface area contributed by atoms with Crippen LogP contribution in [-0.2, 0) is 28.8 Å². The monoisotopic (exact) mass is 454 g/mol. The smallest absolute Gasteiger partial charge is 0.435 e. The molecule has 0 unspecified atom stereocenters. The first kappa shape index (κ1) is 23.6. The van der Waals surface area contributed by atoms with Crippen LogP contribution in [-0.4, -0.2) is 46.4 Å². The third-order valence-corrected chi connectivity index (χ3v) is 5.04. The van der Waals surface area contributed by atoms with Gasteiger partial charge in [0.15, 0.2) is 5.69 Å². The number of carboxylic acid groups (broad SMARTS) is 1. The molecular weight excluding hydrogens is 429 g/mol. The van der Waals surface area contributed by atoms with E-state index in [2.05, 4.69) is 10.4 Å². The number of amides is 1. The number of carboxylic acids is 1. The molecule has 174 valence electrons. The molecule has 0 atom stereocenters. The molecule has 1 aromatic heterocycles. The Balaban J connectivity index is 1.64. The third-order valence-electron chi connectivity index (χ3n) is 5.04. The van der Waals surface area contributed by atoms with Crippen molar-refractivity contribution in [2.75, 3.05) is 24.5 Å². The summed E-state index contributed by atoms with van der Waals surface area (Å²) in [5, 5.41) is 15.1. The van der Waals surface area contributed by atoms with Crippen molar-refractivity contribution in [2.24, 2.45) is 0 Å². The molecule has 2 heterocycles. The quantitative estimate of drug-likeness (QED) is 0.566. The second-order valence-corrected chi connectivity index (χ2v) is 7.77. The van der Waals surface area contributed by atoms with Crippen molar-refractivity contribution in [1.29, 1.82) is 0 Å². The Labute approximate surface area is 183 Å². The van der Waals surface area contributed by atoms with Crippen LogP contribution in [0.25, 0.3) is 0 Å². The first-order valence-corrected chi connectivity index (χ1v) is 10.2. The van der Waals surface area contributed by atoms with Gasteiger partial charge in [-0.1, -0.05) is 0 Å². The molecule has 0 saturated heterocycles. The summed E-state index contributed by atoms with van der Waals surface area (Å²) in [7, 11) is 0. The molecular formula is C21H25F3N4O4. The van der Waals surface area contributed by atoms with E-state index in [4.69, 9.17) is 9.84 Å². The van der Waals surface area contributed by atoms with Gasteiger partial charge in [-0.2, -0.15) is 18.3 Å². The predicted octanol–water partition coefficient (Wildman–Crippen LogP) is 3.02. The molecule has 32 heavy (non-hydrogen) atoms. The molecule has 1 aliphatic rings. The summed E-state index contributed by atoms with van der Waals surface area (Å²) in [4.78, 5) is 24.5. The second kappa shape index (κ2) is 9.60. The maximum Gasteiger partial charge on any atom is 0.435 e. The van der Waals surface area contributed by atoms with E-state index in [1.165, 1.54) is 10.9 Å². The number of benzene rings is 1. The number of nitrogens with one attached hydrogen (secondary N) is 1. The number of hydrogen-bond acceptors (Lipinski definition) is 5. The Morgan fingerprint density at radius 3 is 2.72 bits per heavy atom. The van der Waals surface area contributed by atoms with E-state index in [1.54, 1.807) is 36.9 Å². The predicted molar refractivity (Wildman–Crippen MR) is 110 cm³/mol. The van der Waals surface area contributed by atoms with Gasteiger partial charge < -0.3 is 20.1 Å². The number of aromatic nitrogens is 2. The summed E-state index contributed by atoms with van der Waals surface area (Å²) < 4.78 is 46.8. The van der Waals surface area contributed by atoms with Gasteiger partial charge in [-0.05, 0) is 44.0 Å². The van der Waals surface area contributed by atoms with E-state index in [9.17, 15) is 22.8 Å². The number of anilines is 1. The van der Waals surface area contributed by atoms with Crippen LogP contribution in [0.3, 0.4) is 0 Å². The SMILES string of the molecule is CC(C)n1cc(COc2ccc3c(c2)CCN3C(=O)CNCCC(=O)O)c(C(F)(F)F)n1. The Bertz CT molecular complexity index is 988. The average Bonchev–Trinajstić information content (AvgIpc) is 3.33. The number of hydrogen-bond donors (Lipinski definition) is 2. The minimum Gasteiger partial charge on any atom is -0.489 e. The van der Waals surface area contributed by atoms with Crippen molar-refractivity contribution in [2.45, 2.75) is 45.5 Å². The van der Waals surface area contributed by atoms with Crippen molar-refractivity contribution in [3.05, 3.63) is 41.2 Å². The minimum absolute atomic E-state index is 0.0189. The van der Waals surface area contributed by atoms with E-state index in [1.807, 2.05) is 0 Å².